The minimum atomic E-state index is -0.376. The number of amidine groups is 1. The van der Waals surface area contributed by atoms with Crippen LogP contribution in [0.15, 0.2) is 62.7 Å². The van der Waals surface area contributed by atoms with Gasteiger partial charge >= 0.3 is 0 Å². The van der Waals surface area contributed by atoms with Gasteiger partial charge in [0.15, 0.2) is 5.82 Å². The first-order valence-corrected chi connectivity index (χ1v) is 9.05. The molecular weight excluding hydrogens is 429 g/mol. The number of nitrogens with two attached hydrogens (primary N) is 1. The van der Waals surface area contributed by atoms with E-state index in [0.717, 1.165) is 5.56 Å². The molecule has 144 valence electrons. The molecule has 1 amide bonds. The zero-order chi connectivity index (χ0) is 20.1. The van der Waals surface area contributed by atoms with Crippen LogP contribution in [0.2, 0.25) is 0 Å². The van der Waals surface area contributed by atoms with Gasteiger partial charge in [-0.1, -0.05) is 17.3 Å². The van der Waals surface area contributed by atoms with E-state index < -0.39 is 0 Å². The Bertz CT molecular complexity index is 1020. The molecule has 1 aromatic heterocycles. The van der Waals surface area contributed by atoms with Crippen LogP contribution in [-0.4, -0.2) is 23.9 Å². The maximum Gasteiger partial charge on any atom is 0.256 e. The van der Waals surface area contributed by atoms with Crippen molar-refractivity contribution in [2.75, 3.05) is 17.7 Å². The van der Waals surface area contributed by atoms with Crippen LogP contribution in [0.5, 0.6) is 0 Å². The Balaban J connectivity index is 1.79. The normalized spacial score (nSPS) is 11.4. The van der Waals surface area contributed by atoms with E-state index in [2.05, 4.69) is 36.7 Å². The van der Waals surface area contributed by atoms with Crippen molar-refractivity contribution in [1.29, 1.82) is 0 Å². The second-order valence-electron chi connectivity index (χ2n) is 5.76. The number of carbonyl (C=O) groups excluding carboxylic acids is 1. The number of hydrogen-bond acceptors (Lipinski definition) is 5. The fourth-order valence-corrected chi connectivity index (χ4v) is 2.80. The molecule has 3 aromatic rings. The second-order valence-corrected chi connectivity index (χ2v) is 6.61. The topological polar surface area (TPSA) is 106 Å². The third kappa shape index (κ3) is 4.44. The van der Waals surface area contributed by atoms with E-state index in [4.69, 9.17) is 10.3 Å². The first-order valence-electron chi connectivity index (χ1n) is 8.25. The van der Waals surface area contributed by atoms with Crippen molar-refractivity contribution in [3.05, 3.63) is 75.7 Å². The largest absolute Gasteiger partial charge is 0.362 e. The Morgan fingerprint density at radius 1 is 1.25 bits per heavy atom. The summed E-state index contributed by atoms with van der Waals surface area (Å²) in [6.45, 7) is 0.400. The highest BCUT2D eigenvalue weighted by Gasteiger charge is 2.17. The summed E-state index contributed by atoms with van der Waals surface area (Å²) < 4.78 is 18.7. The number of benzene rings is 2. The fraction of sp³-hybridized carbons (Fsp3) is 0.105. The molecule has 2 aromatic carbocycles. The van der Waals surface area contributed by atoms with Gasteiger partial charge in [-0.2, -0.15) is 0 Å². The standard InChI is InChI=1S/C19H17BrFN5O2/c1-23-17(24-13-6-7-16(21)15(20)8-13)14-10-28-26-18(14)25-19(27)12-4-2-11(9-22)3-5-12/h2-8,10H,9,22H2,1H3,(H,23,24)(H,25,26,27). The fourth-order valence-electron chi connectivity index (χ4n) is 2.42. The maximum absolute atomic E-state index is 13.4. The van der Waals surface area contributed by atoms with Gasteiger partial charge in [0.05, 0.1) is 4.47 Å². The zero-order valence-corrected chi connectivity index (χ0v) is 16.5. The van der Waals surface area contributed by atoms with Gasteiger partial charge in [0.2, 0.25) is 0 Å². The lowest BCUT2D eigenvalue weighted by molar-refractivity contribution is 0.102. The number of hydrogen-bond donors (Lipinski definition) is 3. The van der Waals surface area contributed by atoms with Crippen LogP contribution >= 0.6 is 15.9 Å². The van der Waals surface area contributed by atoms with Gasteiger partial charge in [-0.15, -0.1) is 0 Å². The molecule has 9 heteroatoms. The number of aromatic nitrogens is 1. The van der Waals surface area contributed by atoms with Gasteiger partial charge in [-0.25, -0.2) is 4.39 Å². The van der Waals surface area contributed by atoms with Crippen molar-refractivity contribution in [3.63, 3.8) is 0 Å². The first kappa shape index (κ1) is 19.7. The molecule has 4 N–H and O–H groups in total. The number of carbonyl (C=O) groups is 1. The molecule has 3 rings (SSSR count). The summed E-state index contributed by atoms with van der Waals surface area (Å²) in [5, 5.41) is 9.60. The van der Waals surface area contributed by atoms with Crippen molar-refractivity contribution < 1.29 is 13.7 Å². The summed E-state index contributed by atoms with van der Waals surface area (Å²) in [7, 11) is 1.57. The minimum Gasteiger partial charge on any atom is -0.362 e. The van der Waals surface area contributed by atoms with E-state index in [0.29, 0.717) is 33.7 Å². The Labute approximate surface area is 169 Å². The van der Waals surface area contributed by atoms with E-state index in [1.807, 2.05) is 0 Å². The minimum absolute atomic E-state index is 0.210. The number of aliphatic imine (C=N–C) groups is 1. The number of anilines is 2. The highest BCUT2D eigenvalue weighted by molar-refractivity contribution is 9.10. The molecule has 0 aliphatic heterocycles. The van der Waals surface area contributed by atoms with Crippen LogP contribution < -0.4 is 16.4 Å². The predicted molar refractivity (Wildman–Crippen MR) is 109 cm³/mol. The molecular formula is C19H17BrFN5O2. The van der Waals surface area contributed by atoms with E-state index in [-0.39, 0.29) is 17.5 Å². The second kappa shape index (κ2) is 8.77. The highest BCUT2D eigenvalue weighted by Crippen LogP contribution is 2.22. The molecule has 0 aliphatic carbocycles. The monoisotopic (exact) mass is 445 g/mol. The molecule has 7 nitrogen and oxygen atoms in total. The molecule has 1 heterocycles. The van der Waals surface area contributed by atoms with Gasteiger partial charge < -0.3 is 20.9 Å². The van der Waals surface area contributed by atoms with Crippen LogP contribution in [0.1, 0.15) is 21.5 Å². The summed E-state index contributed by atoms with van der Waals surface area (Å²) in [6, 6.07) is 11.4. The summed E-state index contributed by atoms with van der Waals surface area (Å²) in [6.07, 6.45) is 1.36. The third-order valence-corrected chi connectivity index (χ3v) is 4.52. The SMILES string of the molecule is C/N=C(\Nc1ccc(F)c(Br)c1)c1conc1NC(=O)c1ccc(CN)cc1. The lowest BCUT2D eigenvalue weighted by atomic mass is 10.1. The Hall–Kier alpha value is -3.04. The van der Waals surface area contributed by atoms with E-state index in [1.165, 1.54) is 12.3 Å². The van der Waals surface area contributed by atoms with Crippen molar-refractivity contribution in [2.24, 2.45) is 10.7 Å². The molecule has 0 saturated heterocycles. The number of halogens is 2. The number of nitrogens with zero attached hydrogens (tertiary/aromatic N) is 2. The molecule has 0 fully saturated rings. The molecule has 0 aliphatic rings. The summed E-state index contributed by atoms with van der Waals surface area (Å²) in [5.41, 5.74) is 8.00. The molecule has 0 spiro atoms. The van der Waals surface area contributed by atoms with Crippen LogP contribution in [0.4, 0.5) is 15.9 Å². The molecule has 0 radical (unpaired) electrons. The van der Waals surface area contributed by atoms with Crippen molar-refractivity contribution in [3.8, 4) is 0 Å². The number of amides is 1. The smallest absolute Gasteiger partial charge is 0.256 e. The van der Waals surface area contributed by atoms with Gasteiger partial charge in [-0.05, 0) is 51.8 Å². The van der Waals surface area contributed by atoms with Gasteiger partial charge in [0.1, 0.15) is 23.5 Å². The van der Waals surface area contributed by atoms with Crippen LogP contribution in [-0.2, 0) is 6.54 Å². The van der Waals surface area contributed by atoms with Crippen LogP contribution in [0, 0.1) is 5.82 Å². The molecule has 0 saturated carbocycles. The average Bonchev–Trinajstić information content (AvgIpc) is 3.16. The molecule has 28 heavy (non-hydrogen) atoms. The van der Waals surface area contributed by atoms with Gasteiger partial charge in [0.25, 0.3) is 5.91 Å². The Kier molecular flexibility index (Phi) is 6.17. The molecule has 0 bridgehead atoms. The van der Waals surface area contributed by atoms with Gasteiger partial charge in [-0.3, -0.25) is 9.79 Å². The summed E-state index contributed by atoms with van der Waals surface area (Å²) in [4.78, 5) is 16.7. The highest BCUT2D eigenvalue weighted by atomic mass is 79.9. The van der Waals surface area contributed by atoms with Crippen molar-refractivity contribution in [2.45, 2.75) is 6.54 Å². The van der Waals surface area contributed by atoms with Crippen LogP contribution in [0.25, 0.3) is 0 Å². The lowest BCUT2D eigenvalue weighted by Gasteiger charge is -2.10. The van der Waals surface area contributed by atoms with E-state index in [1.54, 1.807) is 43.4 Å². The number of rotatable bonds is 5. The average molecular weight is 446 g/mol. The van der Waals surface area contributed by atoms with Crippen molar-refractivity contribution in [1.82, 2.24) is 5.16 Å². The number of nitrogens with one attached hydrogen (secondary N) is 2. The quantitative estimate of drug-likeness (QED) is 0.409. The predicted octanol–water partition coefficient (Wildman–Crippen LogP) is 3.78. The third-order valence-electron chi connectivity index (χ3n) is 3.91. The molecule has 0 unspecified atom stereocenters. The van der Waals surface area contributed by atoms with E-state index >= 15 is 0 Å². The van der Waals surface area contributed by atoms with Crippen LogP contribution in [0.3, 0.4) is 0 Å². The lowest BCUT2D eigenvalue weighted by Crippen LogP contribution is -2.18. The Morgan fingerprint density at radius 2 is 2.00 bits per heavy atom. The molecule has 0 atom stereocenters. The Morgan fingerprint density at radius 3 is 2.64 bits per heavy atom. The van der Waals surface area contributed by atoms with E-state index in [9.17, 15) is 9.18 Å². The van der Waals surface area contributed by atoms with Gasteiger partial charge in [0, 0.05) is 24.8 Å². The first-order chi connectivity index (χ1) is 13.5. The summed E-state index contributed by atoms with van der Waals surface area (Å²) >= 11 is 3.14. The zero-order valence-electron chi connectivity index (χ0n) is 14.9. The van der Waals surface area contributed by atoms with Crippen molar-refractivity contribution >= 4 is 39.2 Å². The summed E-state index contributed by atoms with van der Waals surface area (Å²) in [5.74, 6) is -0.117. The maximum atomic E-state index is 13.4.